The second kappa shape index (κ2) is 10.9. The summed E-state index contributed by atoms with van der Waals surface area (Å²) in [5, 5.41) is -0.526. The van der Waals surface area contributed by atoms with Gasteiger partial charge in [-0.3, -0.25) is 0 Å². The Bertz CT molecular complexity index is 1030. The van der Waals surface area contributed by atoms with Crippen molar-refractivity contribution in [2.75, 3.05) is 0 Å². The molecule has 0 N–H and O–H groups in total. The van der Waals surface area contributed by atoms with E-state index < -0.39 is 46.0 Å². The molecule has 32 heavy (non-hydrogen) atoms. The zero-order valence-electron chi connectivity index (χ0n) is 18.4. The molecule has 1 saturated carbocycles. The van der Waals surface area contributed by atoms with Crippen LogP contribution in [-0.4, -0.2) is 0 Å². The zero-order valence-corrected chi connectivity index (χ0v) is 18.4. The Morgan fingerprint density at radius 1 is 1.00 bits per heavy atom. The minimum Gasteiger partial charge on any atom is -0.208 e. The van der Waals surface area contributed by atoms with E-state index >= 15 is 4.39 Å². The van der Waals surface area contributed by atoms with Gasteiger partial charge in [0.25, 0.3) is 0 Å². The normalized spacial score (nSPS) is 20.1. The van der Waals surface area contributed by atoms with Crippen LogP contribution in [0.5, 0.6) is 0 Å². The van der Waals surface area contributed by atoms with Gasteiger partial charge in [-0.25, -0.2) is 22.0 Å². The molecular formula is C27H29F5. The topological polar surface area (TPSA) is 0 Å². The van der Waals surface area contributed by atoms with Crippen molar-refractivity contribution in [2.45, 2.75) is 58.3 Å². The quantitative estimate of drug-likeness (QED) is 0.279. The lowest BCUT2D eigenvalue weighted by Crippen LogP contribution is -2.15. The van der Waals surface area contributed by atoms with Crippen molar-refractivity contribution in [1.82, 2.24) is 0 Å². The summed E-state index contributed by atoms with van der Waals surface area (Å²) in [7, 11) is 0. The number of benzene rings is 2. The Morgan fingerprint density at radius 2 is 1.72 bits per heavy atom. The highest BCUT2D eigenvalue weighted by Crippen LogP contribution is 2.40. The molecule has 3 rings (SSSR count). The molecule has 0 saturated heterocycles. The third-order valence-corrected chi connectivity index (χ3v) is 6.44. The molecule has 2 aromatic carbocycles. The highest BCUT2D eigenvalue weighted by molar-refractivity contribution is 5.88. The number of hydrogen-bond acceptors (Lipinski definition) is 0. The first-order chi connectivity index (χ1) is 15.4. The average molecular weight is 449 g/mol. The molecule has 0 unspecified atom stereocenters. The lowest BCUT2D eigenvalue weighted by molar-refractivity contribution is 0.263. The summed E-state index contributed by atoms with van der Waals surface area (Å²) < 4.78 is 74.1. The maximum absolute atomic E-state index is 15.1. The molecule has 0 heterocycles. The summed E-state index contributed by atoms with van der Waals surface area (Å²) in [6.45, 7) is 5.53. The Hall–Kier alpha value is -2.43. The lowest BCUT2D eigenvalue weighted by Gasteiger charge is -2.27. The van der Waals surface area contributed by atoms with Gasteiger partial charge in [0.05, 0.1) is 5.39 Å². The van der Waals surface area contributed by atoms with Crippen LogP contribution >= 0.6 is 0 Å². The van der Waals surface area contributed by atoms with Crippen LogP contribution in [0.2, 0.25) is 0 Å². The molecule has 2 aromatic rings. The van der Waals surface area contributed by atoms with Crippen molar-refractivity contribution in [1.29, 1.82) is 0 Å². The van der Waals surface area contributed by atoms with Crippen molar-refractivity contribution in [2.24, 2.45) is 11.8 Å². The van der Waals surface area contributed by atoms with E-state index in [1.54, 1.807) is 6.08 Å². The highest BCUT2D eigenvalue weighted by Gasteiger charge is 2.28. The van der Waals surface area contributed by atoms with Gasteiger partial charge in [0.15, 0.2) is 17.5 Å². The molecule has 172 valence electrons. The minimum atomic E-state index is -1.37. The molecule has 0 nitrogen and oxygen atoms in total. The van der Waals surface area contributed by atoms with Crippen LogP contribution in [0, 0.1) is 29.3 Å². The number of halogens is 5. The molecule has 1 fully saturated rings. The van der Waals surface area contributed by atoms with E-state index in [9.17, 15) is 17.6 Å². The first kappa shape index (κ1) is 24.2. The molecule has 0 aliphatic heterocycles. The van der Waals surface area contributed by atoms with Gasteiger partial charge in [-0.15, -0.1) is 6.58 Å². The fraction of sp³-hybridized carbons (Fsp3) is 0.407. The molecular weight excluding hydrogens is 419 g/mol. The first-order valence-corrected chi connectivity index (χ1v) is 11.3. The number of aryl methyl sites for hydroxylation is 1. The van der Waals surface area contributed by atoms with Crippen LogP contribution < -0.4 is 0 Å². The average Bonchev–Trinajstić information content (AvgIpc) is 2.80. The Kier molecular flexibility index (Phi) is 8.27. The Balaban J connectivity index is 1.90. The van der Waals surface area contributed by atoms with Gasteiger partial charge in [-0.05, 0) is 87.3 Å². The summed E-state index contributed by atoms with van der Waals surface area (Å²) in [5.74, 6) is -6.29. The second-order valence-electron chi connectivity index (χ2n) is 8.54. The van der Waals surface area contributed by atoms with Gasteiger partial charge in [-0.2, -0.15) is 0 Å². The fourth-order valence-electron chi connectivity index (χ4n) is 4.56. The first-order valence-electron chi connectivity index (χ1n) is 11.3. The van der Waals surface area contributed by atoms with E-state index in [0.717, 1.165) is 31.7 Å². The standard InChI is InChI=1S/C27H29F5/c1-3-5-7-9-20-16-19-14-15-21(25(30)22(19)27(32)24(20)29)26(31)23(28)18-12-10-17(11-13-18)8-6-4-2/h3-5,14-18H,2,6-13H2,1H3/b5-3+,26-23?. The molecule has 0 bridgehead atoms. The number of hydrogen-bond donors (Lipinski definition) is 0. The summed E-state index contributed by atoms with van der Waals surface area (Å²) in [6.07, 6.45) is 10.6. The van der Waals surface area contributed by atoms with Gasteiger partial charge in [-0.1, -0.05) is 24.3 Å². The van der Waals surface area contributed by atoms with Crippen molar-refractivity contribution in [3.63, 3.8) is 0 Å². The SMILES string of the molecule is C=CCCC1CCC(C(F)=C(F)c2ccc3cc(CC/C=C/C)c(F)c(F)c3c2F)CC1. The maximum atomic E-state index is 15.1. The van der Waals surface area contributed by atoms with Crippen molar-refractivity contribution in [3.05, 3.63) is 77.4 Å². The predicted octanol–water partition coefficient (Wildman–Crippen LogP) is 9.15. The van der Waals surface area contributed by atoms with Crippen LogP contribution in [0.1, 0.15) is 63.0 Å². The van der Waals surface area contributed by atoms with Gasteiger partial charge in [0, 0.05) is 11.5 Å². The molecule has 1 aliphatic rings. The van der Waals surface area contributed by atoms with Crippen molar-refractivity contribution in [3.8, 4) is 0 Å². The highest BCUT2D eigenvalue weighted by atomic mass is 19.2. The van der Waals surface area contributed by atoms with Crippen LogP contribution in [0.4, 0.5) is 22.0 Å². The van der Waals surface area contributed by atoms with Crippen molar-refractivity contribution >= 4 is 16.6 Å². The van der Waals surface area contributed by atoms with Crippen molar-refractivity contribution < 1.29 is 22.0 Å². The fourth-order valence-corrected chi connectivity index (χ4v) is 4.56. The third kappa shape index (κ3) is 5.13. The van der Waals surface area contributed by atoms with Gasteiger partial charge in [0.1, 0.15) is 11.6 Å². The van der Waals surface area contributed by atoms with E-state index in [0.29, 0.717) is 25.2 Å². The Morgan fingerprint density at radius 3 is 2.38 bits per heavy atom. The molecule has 5 heteroatoms. The van der Waals surface area contributed by atoms with Crippen LogP contribution in [0.15, 0.2) is 48.8 Å². The molecule has 0 atom stereocenters. The summed E-state index contributed by atoms with van der Waals surface area (Å²) in [6, 6.07) is 3.79. The number of rotatable bonds is 8. The third-order valence-electron chi connectivity index (χ3n) is 6.44. The molecule has 1 aliphatic carbocycles. The van der Waals surface area contributed by atoms with E-state index in [1.165, 1.54) is 12.1 Å². The van der Waals surface area contributed by atoms with Gasteiger partial charge < -0.3 is 0 Å². The van der Waals surface area contributed by atoms with Crippen LogP contribution in [0.3, 0.4) is 0 Å². The van der Waals surface area contributed by atoms with Gasteiger partial charge in [0.2, 0.25) is 0 Å². The van der Waals surface area contributed by atoms with Crippen LogP contribution in [0.25, 0.3) is 16.6 Å². The largest absolute Gasteiger partial charge is 0.208 e. The van der Waals surface area contributed by atoms with Gasteiger partial charge >= 0.3 is 0 Å². The minimum absolute atomic E-state index is 0.121. The monoisotopic (exact) mass is 448 g/mol. The van der Waals surface area contributed by atoms with E-state index in [-0.39, 0.29) is 17.4 Å². The summed E-state index contributed by atoms with van der Waals surface area (Å²) in [5.41, 5.74) is -0.542. The zero-order chi connectivity index (χ0) is 23.3. The molecule has 0 amide bonds. The van der Waals surface area contributed by atoms with E-state index in [4.69, 9.17) is 0 Å². The molecule has 0 spiro atoms. The smallest absolute Gasteiger partial charge is 0.169 e. The molecule has 0 radical (unpaired) electrons. The van der Waals surface area contributed by atoms with E-state index in [1.807, 2.05) is 19.1 Å². The predicted molar refractivity (Wildman–Crippen MR) is 121 cm³/mol. The number of allylic oxidation sites excluding steroid dienone is 4. The Labute approximate surface area is 186 Å². The summed E-state index contributed by atoms with van der Waals surface area (Å²) >= 11 is 0. The van der Waals surface area contributed by atoms with Crippen LogP contribution in [-0.2, 0) is 6.42 Å². The number of fused-ring (bicyclic) bond motifs is 1. The maximum Gasteiger partial charge on any atom is 0.169 e. The lowest BCUT2D eigenvalue weighted by atomic mass is 9.79. The second-order valence-corrected chi connectivity index (χ2v) is 8.54. The molecule has 0 aromatic heterocycles. The summed E-state index contributed by atoms with van der Waals surface area (Å²) in [4.78, 5) is 0. The van der Waals surface area contributed by atoms with E-state index in [2.05, 4.69) is 6.58 Å².